The van der Waals surface area contributed by atoms with Crippen molar-refractivity contribution in [2.24, 2.45) is 0 Å². The summed E-state index contributed by atoms with van der Waals surface area (Å²) >= 11 is 0. The Morgan fingerprint density at radius 2 is 1.56 bits per heavy atom. The lowest BCUT2D eigenvalue weighted by atomic mass is 10.1. The third-order valence-corrected chi connectivity index (χ3v) is 1.84. The van der Waals surface area contributed by atoms with E-state index < -0.39 is 11.9 Å². The molecule has 0 aliphatic rings. The maximum absolute atomic E-state index is 9.10. The Kier molecular flexibility index (Phi) is 7.49. The fourth-order valence-electron chi connectivity index (χ4n) is 1.03. The first kappa shape index (κ1) is 14.2. The molecule has 0 aliphatic carbocycles. The molecule has 0 radical (unpaired) electrons. The van der Waals surface area contributed by atoms with Gasteiger partial charge >= 0.3 is 11.9 Å². The summed E-state index contributed by atoms with van der Waals surface area (Å²) in [6.45, 7) is 2.23. The van der Waals surface area contributed by atoms with Crippen LogP contribution in [0, 0.1) is 0 Å². The van der Waals surface area contributed by atoms with E-state index in [4.69, 9.17) is 19.8 Å². The van der Waals surface area contributed by atoms with Crippen LogP contribution in [0.5, 0.6) is 0 Å². The molecular weight excluding hydrogens is 208 g/mol. The molecule has 0 heterocycles. The molecule has 0 unspecified atom stereocenters. The van der Waals surface area contributed by atoms with Gasteiger partial charge in [0.1, 0.15) is 0 Å². The van der Waals surface area contributed by atoms with E-state index in [9.17, 15) is 0 Å². The third-order valence-electron chi connectivity index (χ3n) is 1.84. The Hall–Kier alpha value is -1.84. The van der Waals surface area contributed by atoms with Crippen LogP contribution in [0.2, 0.25) is 0 Å². The molecule has 0 aliphatic heterocycles. The van der Waals surface area contributed by atoms with Crippen LogP contribution in [0.25, 0.3) is 0 Å². The monoisotopic (exact) mass is 224 g/mol. The van der Waals surface area contributed by atoms with Crippen LogP contribution in [-0.2, 0) is 16.0 Å². The number of aliphatic carboxylic acids is 2. The lowest BCUT2D eigenvalue weighted by molar-refractivity contribution is -0.159. The molecule has 0 amide bonds. The minimum atomic E-state index is -1.82. The van der Waals surface area contributed by atoms with Crippen LogP contribution < -0.4 is 0 Å². The van der Waals surface area contributed by atoms with Crippen molar-refractivity contribution in [1.29, 1.82) is 0 Å². The molecule has 0 saturated carbocycles. The molecular formula is C12H16O4. The highest BCUT2D eigenvalue weighted by Gasteiger charge is 2.04. The van der Waals surface area contributed by atoms with Crippen molar-refractivity contribution >= 4 is 11.9 Å². The number of carbonyl (C=O) groups is 2. The second kappa shape index (κ2) is 8.47. The highest BCUT2D eigenvalue weighted by Crippen LogP contribution is 2.03. The predicted octanol–water partition coefficient (Wildman–Crippen LogP) is 2.18. The lowest BCUT2D eigenvalue weighted by Gasteiger charge is -1.96. The summed E-state index contributed by atoms with van der Waals surface area (Å²) in [7, 11) is 0. The second-order valence-corrected chi connectivity index (χ2v) is 3.20. The summed E-state index contributed by atoms with van der Waals surface area (Å²) < 4.78 is 0. The lowest BCUT2D eigenvalue weighted by Crippen LogP contribution is -2.09. The van der Waals surface area contributed by atoms with Crippen molar-refractivity contribution in [2.75, 3.05) is 0 Å². The number of hydrogen-bond donors (Lipinski definition) is 2. The zero-order valence-corrected chi connectivity index (χ0v) is 9.22. The van der Waals surface area contributed by atoms with Crippen molar-refractivity contribution in [2.45, 2.75) is 26.2 Å². The molecule has 0 saturated heterocycles. The molecule has 0 spiro atoms. The maximum atomic E-state index is 9.10. The zero-order chi connectivity index (χ0) is 12.4. The van der Waals surface area contributed by atoms with E-state index in [0.717, 1.165) is 0 Å². The number of carboxylic acid groups (broad SMARTS) is 2. The number of hydrogen-bond acceptors (Lipinski definition) is 2. The number of unbranched alkanes of at least 4 members (excludes halogenated alkanes) is 1. The average Bonchev–Trinajstić information content (AvgIpc) is 2.28. The van der Waals surface area contributed by atoms with Gasteiger partial charge in [0.05, 0.1) is 0 Å². The van der Waals surface area contributed by atoms with Crippen LogP contribution in [0.3, 0.4) is 0 Å². The smallest absolute Gasteiger partial charge is 0.414 e. The summed E-state index contributed by atoms with van der Waals surface area (Å²) in [4.78, 5) is 18.2. The van der Waals surface area contributed by atoms with Crippen molar-refractivity contribution in [3.8, 4) is 0 Å². The highest BCUT2D eigenvalue weighted by atomic mass is 16.4. The maximum Gasteiger partial charge on any atom is 0.414 e. The van der Waals surface area contributed by atoms with Gasteiger partial charge in [-0.05, 0) is 18.4 Å². The quantitative estimate of drug-likeness (QED) is 0.772. The summed E-state index contributed by atoms with van der Waals surface area (Å²) in [6, 6.07) is 10.6. The SMILES string of the molecule is CCCCc1ccccc1.O=C(O)C(=O)O. The topological polar surface area (TPSA) is 74.6 Å². The van der Waals surface area contributed by atoms with Crippen molar-refractivity contribution in [1.82, 2.24) is 0 Å². The first-order chi connectivity index (χ1) is 7.57. The Bertz CT molecular complexity index is 307. The largest absolute Gasteiger partial charge is 0.473 e. The van der Waals surface area contributed by atoms with Gasteiger partial charge in [0.2, 0.25) is 0 Å². The van der Waals surface area contributed by atoms with E-state index in [1.807, 2.05) is 0 Å². The van der Waals surface area contributed by atoms with Gasteiger partial charge in [0.25, 0.3) is 0 Å². The van der Waals surface area contributed by atoms with E-state index in [1.54, 1.807) is 0 Å². The molecule has 16 heavy (non-hydrogen) atoms. The molecule has 0 fully saturated rings. The summed E-state index contributed by atoms with van der Waals surface area (Å²) in [6.07, 6.45) is 3.83. The molecule has 4 nitrogen and oxygen atoms in total. The van der Waals surface area contributed by atoms with Gasteiger partial charge in [-0.3, -0.25) is 0 Å². The fraction of sp³-hybridized carbons (Fsp3) is 0.333. The average molecular weight is 224 g/mol. The van der Waals surface area contributed by atoms with Gasteiger partial charge < -0.3 is 10.2 Å². The first-order valence-electron chi connectivity index (χ1n) is 5.08. The zero-order valence-electron chi connectivity index (χ0n) is 9.22. The molecule has 0 atom stereocenters. The first-order valence-corrected chi connectivity index (χ1v) is 5.08. The van der Waals surface area contributed by atoms with Crippen molar-refractivity contribution in [3.63, 3.8) is 0 Å². The van der Waals surface area contributed by atoms with E-state index in [2.05, 4.69) is 37.3 Å². The molecule has 4 heteroatoms. The van der Waals surface area contributed by atoms with Crippen molar-refractivity contribution in [3.05, 3.63) is 35.9 Å². The summed E-state index contributed by atoms with van der Waals surface area (Å²) in [5.41, 5.74) is 1.46. The summed E-state index contributed by atoms with van der Waals surface area (Å²) in [5.74, 6) is -3.65. The van der Waals surface area contributed by atoms with Crippen LogP contribution in [0.1, 0.15) is 25.3 Å². The molecule has 88 valence electrons. The predicted molar refractivity (Wildman–Crippen MR) is 60.3 cm³/mol. The van der Waals surface area contributed by atoms with E-state index in [0.29, 0.717) is 0 Å². The Morgan fingerprint density at radius 1 is 1.06 bits per heavy atom. The van der Waals surface area contributed by atoms with Crippen LogP contribution in [-0.4, -0.2) is 22.2 Å². The number of benzene rings is 1. The molecule has 0 aromatic heterocycles. The molecule has 1 rings (SSSR count). The van der Waals surface area contributed by atoms with Gasteiger partial charge in [0.15, 0.2) is 0 Å². The number of aryl methyl sites for hydroxylation is 1. The highest BCUT2D eigenvalue weighted by molar-refractivity contribution is 6.27. The minimum absolute atomic E-state index is 1.23. The van der Waals surface area contributed by atoms with E-state index in [1.165, 1.54) is 24.8 Å². The Balaban J connectivity index is 0.000000325. The van der Waals surface area contributed by atoms with Gasteiger partial charge in [0, 0.05) is 0 Å². The Labute approximate surface area is 94.5 Å². The summed E-state index contributed by atoms with van der Waals surface area (Å²) in [5, 5.41) is 14.8. The Morgan fingerprint density at radius 3 is 1.94 bits per heavy atom. The van der Waals surface area contributed by atoms with E-state index >= 15 is 0 Å². The standard InChI is InChI=1S/C10H14.C2H2O4/c1-2-3-7-10-8-5-4-6-9-10;3-1(4)2(5)6/h4-6,8-9H,2-3,7H2,1H3;(H,3,4)(H,5,6). The van der Waals surface area contributed by atoms with Gasteiger partial charge in [-0.1, -0.05) is 43.7 Å². The van der Waals surface area contributed by atoms with Crippen molar-refractivity contribution < 1.29 is 19.8 Å². The van der Waals surface area contributed by atoms with Gasteiger partial charge in [-0.25, -0.2) is 9.59 Å². The molecule has 2 N–H and O–H groups in total. The van der Waals surface area contributed by atoms with E-state index in [-0.39, 0.29) is 0 Å². The van der Waals surface area contributed by atoms with Crippen LogP contribution in [0.4, 0.5) is 0 Å². The molecule has 0 bridgehead atoms. The second-order valence-electron chi connectivity index (χ2n) is 3.20. The van der Waals surface area contributed by atoms with Gasteiger partial charge in [-0.2, -0.15) is 0 Å². The van der Waals surface area contributed by atoms with Gasteiger partial charge in [-0.15, -0.1) is 0 Å². The fourth-order valence-corrected chi connectivity index (χ4v) is 1.03. The number of rotatable bonds is 3. The molecule has 1 aromatic rings. The third kappa shape index (κ3) is 7.55. The molecule has 1 aromatic carbocycles. The number of carboxylic acids is 2. The van der Waals surface area contributed by atoms with Crippen LogP contribution in [0.15, 0.2) is 30.3 Å². The minimum Gasteiger partial charge on any atom is -0.473 e. The van der Waals surface area contributed by atoms with Crippen LogP contribution >= 0.6 is 0 Å². The normalized spacial score (nSPS) is 8.81.